The van der Waals surface area contributed by atoms with Crippen molar-refractivity contribution in [3.63, 3.8) is 0 Å². The first-order chi connectivity index (χ1) is 9.64. The van der Waals surface area contributed by atoms with Crippen LogP contribution in [-0.2, 0) is 5.41 Å². The molecule has 0 unspecified atom stereocenters. The number of benzene rings is 2. The minimum Gasteiger partial charge on any atom is -0.316 e. The van der Waals surface area contributed by atoms with Crippen molar-refractivity contribution in [3.8, 4) is 11.1 Å². The summed E-state index contributed by atoms with van der Waals surface area (Å²) >= 11 is 0. The fraction of sp³-hybridized carbons (Fsp3) is 0.263. The Balaban J connectivity index is 2.08. The summed E-state index contributed by atoms with van der Waals surface area (Å²) in [6.07, 6.45) is 4.35. The van der Waals surface area contributed by atoms with E-state index in [4.69, 9.17) is 0 Å². The third-order valence-corrected chi connectivity index (χ3v) is 4.24. The van der Waals surface area contributed by atoms with Gasteiger partial charge in [-0.25, -0.2) is 0 Å². The maximum Gasteiger partial charge on any atom is 0.0159 e. The molecule has 0 aromatic heterocycles. The number of rotatable bonds is 3. The minimum absolute atomic E-state index is 0.0960. The average Bonchev–Trinajstić information content (AvgIpc) is 2.69. The smallest absolute Gasteiger partial charge is 0.0159 e. The second kappa shape index (κ2) is 4.92. The molecule has 0 fully saturated rings. The number of hydrogen-bond acceptors (Lipinski definition) is 1. The van der Waals surface area contributed by atoms with Crippen molar-refractivity contribution >= 4 is 6.08 Å². The maximum atomic E-state index is 3.13. The van der Waals surface area contributed by atoms with Crippen LogP contribution in [-0.4, -0.2) is 13.6 Å². The lowest BCUT2D eigenvalue weighted by Gasteiger charge is -2.21. The van der Waals surface area contributed by atoms with Crippen molar-refractivity contribution < 1.29 is 0 Å². The Morgan fingerprint density at radius 1 is 1.00 bits per heavy atom. The first-order valence-electron chi connectivity index (χ1n) is 7.20. The summed E-state index contributed by atoms with van der Waals surface area (Å²) in [4.78, 5) is 0. The highest BCUT2D eigenvalue weighted by Gasteiger charge is 2.34. The van der Waals surface area contributed by atoms with Gasteiger partial charge in [0.25, 0.3) is 0 Å². The van der Waals surface area contributed by atoms with E-state index >= 15 is 0 Å². The molecule has 1 heteroatoms. The highest BCUT2D eigenvalue weighted by atomic mass is 14.8. The summed E-state index contributed by atoms with van der Waals surface area (Å²) in [5.74, 6) is 0. The molecule has 102 valence electrons. The lowest BCUT2D eigenvalue weighted by molar-refractivity contribution is 0.660. The van der Waals surface area contributed by atoms with Crippen LogP contribution in [0.15, 0.2) is 48.5 Å². The lowest BCUT2D eigenvalue weighted by Crippen LogP contribution is -2.14. The Morgan fingerprint density at radius 3 is 2.55 bits per heavy atom. The number of hydrogen-bond donors (Lipinski definition) is 1. The zero-order valence-corrected chi connectivity index (χ0v) is 12.4. The molecule has 1 aliphatic rings. The topological polar surface area (TPSA) is 12.0 Å². The van der Waals surface area contributed by atoms with Gasteiger partial charge in [0.15, 0.2) is 0 Å². The first-order valence-corrected chi connectivity index (χ1v) is 7.20. The average molecular weight is 263 g/mol. The van der Waals surface area contributed by atoms with Crippen molar-refractivity contribution in [2.45, 2.75) is 19.3 Å². The molecule has 0 amide bonds. The Bertz CT molecular complexity index is 665. The fourth-order valence-corrected chi connectivity index (χ4v) is 3.14. The third kappa shape index (κ3) is 1.99. The summed E-state index contributed by atoms with van der Waals surface area (Å²) in [6.45, 7) is 5.54. The molecule has 0 atom stereocenters. The van der Waals surface area contributed by atoms with E-state index in [2.05, 4.69) is 73.8 Å². The van der Waals surface area contributed by atoms with Gasteiger partial charge in [0.05, 0.1) is 0 Å². The van der Waals surface area contributed by atoms with Crippen LogP contribution in [0.2, 0.25) is 0 Å². The third-order valence-electron chi connectivity index (χ3n) is 4.24. The van der Waals surface area contributed by atoms with Gasteiger partial charge in [0.1, 0.15) is 0 Å². The normalized spacial score (nSPS) is 15.3. The summed E-state index contributed by atoms with van der Waals surface area (Å²) < 4.78 is 0. The number of fused-ring (bicyclic) bond motifs is 3. The molecule has 2 aromatic rings. The van der Waals surface area contributed by atoms with E-state index in [0.29, 0.717) is 0 Å². The monoisotopic (exact) mass is 263 g/mol. The van der Waals surface area contributed by atoms with Crippen LogP contribution in [0.25, 0.3) is 17.2 Å². The summed E-state index contributed by atoms with van der Waals surface area (Å²) in [5.41, 5.74) is 7.02. The van der Waals surface area contributed by atoms with E-state index in [1.807, 2.05) is 7.05 Å². The van der Waals surface area contributed by atoms with Crippen molar-refractivity contribution in [2.75, 3.05) is 13.6 Å². The summed E-state index contributed by atoms with van der Waals surface area (Å²) in [6, 6.07) is 15.6. The van der Waals surface area contributed by atoms with Gasteiger partial charge < -0.3 is 5.32 Å². The van der Waals surface area contributed by atoms with E-state index < -0.39 is 0 Å². The predicted octanol–water partition coefficient (Wildman–Crippen LogP) is 4.23. The molecular formula is C19H21N. The highest BCUT2D eigenvalue weighted by Crippen LogP contribution is 2.48. The number of nitrogens with one attached hydrogen (secondary N) is 1. The van der Waals surface area contributed by atoms with Crippen LogP contribution in [0.4, 0.5) is 0 Å². The van der Waals surface area contributed by atoms with Gasteiger partial charge >= 0.3 is 0 Å². The van der Waals surface area contributed by atoms with Gasteiger partial charge in [0.2, 0.25) is 0 Å². The van der Waals surface area contributed by atoms with Crippen LogP contribution < -0.4 is 5.32 Å². The zero-order chi connectivity index (χ0) is 14.2. The number of likely N-dealkylation sites (N-methyl/N-ethyl adjacent to an activating group) is 1. The van der Waals surface area contributed by atoms with Gasteiger partial charge in [-0.1, -0.05) is 68.5 Å². The van der Waals surface area contributed by atoms with E-state index in [1.165, 1.54) is 27.8 Å². The SMILES string of the molecule is CNCC=Cc1ccc2c(c1)C(C)(C)c1ccccc1-2. The molecule has 0 heterocycles. The van der Waals surface area contributed by atoms with Gasteiger partial charge in [0, 0.05) is 12.0 Å². The van der Waals surface area contributed by atoms with Gasteiger partial charge in [-0.15, -0.1) is 0 Å². The molecule has 3 rings (SSSR count). The predicted molar refractivity (Wildman–Crippen MR) is 87.0 cm³/mol. The molecule has 0 spiro atoms. The molecule has 0 bridgehead atoms. The van der Waals surface area contributed by atoms with Crippen LogP contribution in [0.1, 0.15) is 30.5 Å². The van der Waals surface area contributed by atoms with Gasteiger partial charge in [-0.05, 0) is 34.9 Å². The molecule has 0 radical (unpaired) electrons. The molecule has 0 saturated heterocycles. The van der Waals surface area contributed by atoms with E-state index in [-0.39, 0.29) is 5.41 Å². The quantitative estimate of drug-likeness (QED) is 0.874. The fourth-order valence-electron chi connectivity index (χ4n) is 3.14. The van der Waals surface area contributed by atoms with Gasteiger partial charge in [-0.3, -0.25) is 0 Å². The summed E-state index contributed by atoms with van der Waals surface area (Å²) in [5, 5.41) is 3.13. The van der Waals surface area contributed by atoms with Crippen molar-refractivity contribution in [2.24, 2.45) is 0 Å². The van der Waals surface area contributed by atoms with Crippen LogP contribution >= 0.6 is 0 Å². The molecule has 0 aliphatic heterocycles. The van der Waals surface area contributed by atoms with E-state index in [0.717, 1.165) is 6.54 Å². The van der Waals surface area contributed by atoms with E-state index in [1.54, 1.807) is 0 Å². The summed E-state index contributed by atoms with van der Waals surface area (Å²) in [7, 11) is 1.97. The molecule has 0 saturated carbocycles. The largest absolute Gasteiger partial charge is 0.316 e. The molecule has 1 nitrogen and oxygen atoms in total. The van der Waals surface area contributed by atoms with Crippen LogP contribution in [0.5, 0.6) is 0 Å². The van der Waals surface area contributed by atoms with E-state index in [9.17, 15) is 0 Å². The Hall–Kier alpha value is -1.86. The second-order valence-corrected chi connectivity index (χ2v) is 5.94. The maximum absolute atomic E-state index is 3.13. The van der Waals surface area contributed by atoms with Gasteiger partial charge in [-0.2, -0.15) is 0 Å². The lowest BCUT2D eigenvalue weighted by atomic mass is 9.82. The zero-order valence-electron chi connectivity index (χ0n) is 12.4. The molecular weight excluding hydrogens is 242 g/mol. The Morgan fingerprint density at radius 2 is 1.75 bits per heavy atom. The Labute approximate surface area is 121 Å². The van der Waals surface area contributed by atoms with Crippen molar-refractivity contribution in [1.82, 2.24) is 5.32 Å². The Kier molecular flexibility index (Phi) is 3.23. The molecule has 1 aliphatic carbocycles. The minimum atomic E-state index is 0.0960. The molecule has 2 aromatic carbocycles. The van der Waals surface area contributed by atoms with Crippen molar-refractivity contribution in [3.05, 3.63) is 65.2 Å². The standard InChI is InChI=1S/C19H21N/c1-19(2)17-9-5-4-8-15(17)16-11-10-14(13-18(16)19)7-6-12-20-3/h4-11,13,20H,12H2,1-3H3. The highest BCUT2D eigenvalue weighted by molar-refractivity contribution is 5.81. The van der Waals surface area contributed by atoms with Crippen LogP contribution in [0, 0.1) is 0 Å². The van der Waals surface area contributed by atoms with Crippen LogP contribution in [0.3, 0.4) is 0 Å². The second-order valence-electron chi connectivity index (χ2n) is 5.94. The molecule has 20 heavy (non-hydrogen) atoms. The molecule has 1 N–H and O–H groups in total. The van der Waals surface area contributed by atoms with Crippen molar-refractivity contribution in [1.29, 1.82) is 0 Å². The first kappa shape index (κ1) is 13.1.